The number of carbonyl (C=O) groups excluding carboxylic acids is 1. The van der Waals surface area contributed by atoms with Crippen molar-refractivity contribution in [3.63, 3.8) is 0 Å². The first-order chi connectivity index (χ1) is 7.48. The van der Waals surface area contributed by atoms with Crippen LogP contribution in [-0.2, 0) is 0 Å². The van der Waals surface area contributed by atoms with E-state index in [1.807, 2.05) is 11.0 Å². The Morgan fingerprint density at radius 1 is 1.56 bits per heavy atom. The molecule has 4 heteroatoms. The number of H-pyrrole nitrogens is 1. The highest BCUT2D eigenvalue weighted by Gasteiger charge is 2.29. The topological polar surface area (TPSA) is 36.1 Å². The van der Waals surface area contributed by atoms with Gasteiger partial charge in [0.2, 0.25) is 0 Å². The summed E-state index contributed by atoms with van der Waals surface area (Å²) < 4.78 is 0.923. The SMILES string of the molecule is CC1(C)CCCN(C(=O)c2cc(Br)c[nH]2)C1. The minimum Gasteiger partial charge on any atom is -0.356 e. The number of halogens is 1. The number of aromatic amines is 1. The van der Waals surface area contributed by atoms with Crippen molar-refractivity contribution in [1.82, 2.24) is 9.88 Å². The zero-order chi connectivity index (χ0) is 11.8. The smallest absolute Gasteiger partial charge is 0.270 e. The molecule has 0 atom stereocenters. The van der Waals surface area contributed by atoms with Crippen molar-refractivity contribution in [3.8, 4) is 0 Å². The second-order valence-electron chi connectivity index (χ2n) is 5.23. The molecule has 0 bridgehead atoms. The minimum atomic E-state index is 0.110. The number of rotatable bonds is 1. The average molecular weight is 285 g/mol. The Labute approximate surface area is 104 Å². The number of hydrogen-bond acceptors (Lipinski definition) is 1. The first kappa shape index (κ1) is 11.7. The largest absolute Gasteiger partial charge is 0.356 e. The monoisotopic (exact) mass is 284 g/mol. The Morgan fingerprint density at radius 2 is 2.31 bits per heavy atom. The lowest BCUT2D eigenvalue weighted by atomic mass is 9.84. The number of nitrogens with zero attached hydrogens (tertiary/aromatic N) is 1. The molecule has 1 N–H and O–H groups in total. The Balaban J connectivity index is 2.10. The average Bonchev–Trinajstić information content (AvgIpc) is 2.62. The van der Waals surface area contributed by atoms with Crippen LogP contribution in [-0.4, -0.2) is 28.9 Å². The molecule has 1 fully saturated rings. The molecule has 2 rings (SSSR count). The highest BCUT2D eigenvalue weighted by molar-refractivity contribution is 9.10. The summed E-state index contributed by atoms with van der Waals surface area (Å²) in [4.78, 5) is 17.1. The van der Waals surface area contributed by atoms with Gasteiger partial charge in [-0.05, 0) is 40.3 Å². The zero-order valence-electron chi connectivity index (χ0n) is 9.72. The van der Waals surface area contributed by atoms with E-state index in [1.165, 1.54) is 6.42 Å². The van der Waals surface area contributed by atoms with Crippen molar-refractivity contribution in [2.75, 3.05) is 13.1 Å². The summed E-state index contributed by atoms with van der Waals surface area (Å²) in [6.07, 6.45) is 4.09. The molecule has 88 valence electrons. The fraction of sp³-hybridized carbons (Fsp3) is 0.583. The van der Waals surface area contributed by atoms with E-state index in [0.717, 1.165) is 24.0 Å². The summed E-state index contributed by atoms with van der Waals surface area (Å²) in [7, 11) is 0. The second-order valence-corrected chi connectivity index (χ2v) is 6.14. The number of amides is 1. The minimum absolute atomic E-state index is 0.110. The first-order valence-corrected chi connectivity index (χ1v) is 6.40. The van der Waals surface area contributed by atoms with Gasteiger partial charge in [-0.15, -0.1) is 0 Å². The highest BCUT2D eigenvalue weighted by Crippen LogP contribution is 2.29. The Morgan fingerprint density at radius 3 is 2.88 bits per heavy atom. The van der Waals surface area contributed by atoms with Gasteiger partial charge in [0, 0.05) is 23.8 Å². The van der Waals surface area contributed by atoms with Crippen molar-refractivity contribution in [3.05, 3.63) is 22.4 Å². The predicted octanol–water partition coefficient (Wildman–Crippen LogP) is 3.04. The molecule has 1 amide bonds. The van der Waals surface area contributed by atoms with E-state index in [4.69, 9.17) is 0 Å². The Hall–Kier alpha value is -0.770. The number of carbonyl (C=O) groups is 1. The zero-order valence-corrected chi connectivity index (χ0v) is 11.3. The number of nitrogens with one attached hydrogen (secondary N) is 1. The summed E-state index contributed by atoms with van der Waals surface area (Å²) in [6.45, 7) is 6.16. The lowest BCUT2D eigenvalue weighted by Crippen LogP contribution is -2.43. The third kappa shape index (κ3) is 2.48. The van der Waals surface area contributed by atoms with E-state index in [1.54, 1.807) is 6.20 Å². The summed E-state index contributed by atoms with van der Waals surface area (Å²) >= 11 is 3.34. The predicted molar refractivity (Wildman–Crippen MR) is 67.4 cm³/mol. The summed E-state index contributed by atoms with van der Waals surface area (Å²) in [5.74, 6) is 0.110. The number of piperidine rings is 1. The van der Waals surface area contributed by atoms with Gasteiger partial charge in [0.15, 0.2) is 0 Å². The van der Waals surface area contributed by atoms with Crippen LogP contribution in [0.5, 0.6) is 0 Å². The van der Waals surface area contributed by atoms with Gasteiger partial charge >= 0.3 is 0 Å². The molecule has 1 aromatic rings. The van der Waals surface area contributed by atoms with Crippen molar-refractivity contribution >= 4 is 21.8 Å². The van der Waals surface area contributed by atoms with Gasteiger partial charge in [-0.25, -0.2) is 0 Å². The molecule has 1 aromatic heterocycles. The van der Waals surface area contributed by atoms with Crippen LogP contribution in [0.25, 0.3) is 0 Å². The highest BCUT2D eigenvalue weighted by atomic mass is 79.9. The van der Waals surface area contributed by atoms with Gasteiger partial charge < -0.3 is 9.88 Å². The van der Waals surface area contributed by atoms with Gasteiger partial charge in [-0.3, -0.25) is 4.79 Å². The Bertz CT molecular complexity index is 397. The molecule has 0 radical (unpaired) electrons. The Kier molecular flexibility index (Phi) is 3.10. The van der Waals surface area contributed by atoms with E-state index in [0.29, 0.717) is 5.69 Å². The van der Waals surface area contributed by atoms with Crippen molar-refractivity contribution in [2.24, 2.45) is 5.41 Å². The summed E-state index contributed by atoms with van der Waals surface area (Å²) in [5.41, 5.74) is 0.919. The molecule has 16 heavy (non-hydrogen) atoms. The van der Waals surface area contributed by atoms with E-state index in [2.05, 4.69) is 34.8 Å². The van der Waals surface area contributed by atoms with Crippen LogP contribution < -0.4 is 0 Å². The molecular formula is C12H17BrN2O. The van der Waals surface area contributed by atoms with Crippen LogP contribution in [0.15, 0.2) is 16.7 Å². The van der Waals surface area contributed by atoms with Crippen LogP contribution in [0, 0.1) is 5.41 Å². The fourth-order valence-corrected chi connectivity index (χ4v) is 2.60. The van der Waals surface area contributed by atoms with Crippen molar-refractivity contribution < 1.29 is 4.79 Å². The molecule has 0 saturated carbocycles. The number of likely N-dealkylation sites (tertiary alicyclic amines) is 1. The second kappa shape index (κ2) is 4.24. The van der Waals surface area contributed by atoms with Crippen LogP contribution in [0.1, 0.15) is 37.2 Å². The summed E-state index contributed by atoms with van der Waals surface area (Å²) in [6, 6.07) is 1.84. The lowest BCUT2D eigenvalue weighted by molar-refractivity contribution is 0.0578. The lowest BCUT2D eigenvalue weighted by Gasteiger charge is -2.37. The van der Waals surface area contributed by atoms with Crippen LogP contribution in [0.3, 0.4) is 0 Å². The van der Waals surface area contributed by atoms with E-state index in [9.17, 15) is 4.79 Å². The maximum Gasteiger partial charge on any atom is 0.270 e. The standard InChI is InChI=1S/C12H17BrN2O/c1-12(2)4-3-5-15(8-12)11(16)10-6-9(13)7-14-10/h6-7,14H,3-5,8H2,1-2H3. The molecule has 0 aliphatic carbocycles. The third-order valence-corrected chi connectivity index (χ3v) is 3.52. The van der Waals surface area contributed by atoms with E-state index >= 15 is 0 Å². The van der Waals surface area contributed by atoms with Gasteiger partial charge in [-0.1, -0.05) is 13.8 Å². The number of aromatic nitrogens is 1. The molecule has 1 saturated heterocycles. The maximum atomic E-state index is 12.2. The van der Waals surface area contributed by atoms with Gasteiger partial charge in [0.1, 0.15) is 5.69 Å². The molecular weight excluding hydrogens is 268 g/mol. The summed E-state index contributed by atoms with van der Waals surface area (Å²) in [5, 5.41) is 0. The van der Waals surface area contributed by atoms with E-state index in [-0.39, 0.29) is 11.3 Å². The van der Waals surface area contributed by atoms with Crippen LogP contribution in [0.4, 0.5) is 0 Å². The molecule has 0 unspecified atom stereocenters. The van der Waals surface area contributed by atoms with E-state index < -0.39 is 0 Å². The molecule has 3 nitrogen and oxygen atoms in total. The fourth-order valence-electron chi connectivity index (χ4n) is 2.26. The van der Waals surface area contributed by atoms with Crippen LogP contribution in [0.2, 0.25) is 0 Å². The number of hydrogen-bond donors (Lipinski definition) is 1. The van der Waals surface area contributed by atoms with Crippen molar-refractivity contribution in [1.29, 1.82) is 0 Å². The molecule has 1 aliphatic rings. The van der Waals surface area contributed by atoms with Crippen molar-refractivity contribution in [2.45, 2.75) is 26.7 Å². The molecule has 1 aliphatic heterocycles. The maximum absolute atomic E-state index is 12.2. The molecule has 0 aromatic carbocycles. The van der Waals surface area contributed by atoms with Gasteiger partial charge in [0.05, 0.1) is 0 Å². The molecule has 0 spiro atoms. The normalized spacial score (nSPS) is 19.8. The van der Waals surface area contributed by atoms with Gasteiger partial charge in [0.25, 0.3) is 5.91 Å². The molecule has 2 heterocycles. The van der Waals surface area contributed by atoms with Gasteiger partial charge in [-0.2, -0.15) is 0 Å². The van der Waals surface area contributed by atoms with Crippen LogP contribution >= 0.6 is 15.9 Å². The first-order valence-electron chi connectivity index (χ1n) is 5.61. The third-order valence-electron chi connectivity index (χ3n) is 3.07. The quantitative estimate of drug-likeness (QED) is 0.846.